The minimum absolute atomic E-state index is 0.152. The molecule has 2 aromatic heterocycles. The molecule has 0 spiro atoms. The molecule has 4 nitrogen and oxygen atoms in total. The van der Waals surface area contributed by atoms with Gasteiger partial charge in [0.15, 0.2) is 10.6 Å². The van der Waals surface area contributed by atoms with Gasteiger partial charge in [-0.05, 0) is 29.8 Å². The zero-order chi connectivity index (χ0) is 12.5. The van der Waals surface area contributed by atoms with Crippen LogP contribution in [-0.4, -0.2) is 19.7 Å². The van der Waals surface area contributed by atoms with Gasteiger partial charge in [-0.25, -0.2) is 0 Å². The van der Waals surface area contributed by atoms with Gasteiger partial charge in [-0.1, -0.05) is 20.8 Å². The average Bonchev–Trinajstić information content (AvgIpc) is 2.60. The lowest BCUT2D eigenvalue weighted by Gasteiger charge is -2.19. The molecule has 1 N–H and O–H groups in total. The van der Waals surface area contributed by atoms with Crippen LogP contribution in [0.1, 0.15) is 20.8 Å². The molecule has 0 bridgehead atoms. The average molecular weight is 248 g/mol. The zero-order valence-electron chi connectivity index (χ0n) is 10.3. The van der Waals surface area contributed by atoms with Crippen LogP contribution < -0.4 is 0 Å². The summed E-state index contributed by atoms with van der Waals surface area (Å²) in [6.07, 6.45) is 3.54. The fraction of sp³-hybridized carbons (Fsp3) is 0.417. The number of rotatable bonds is 2. The molecule has 0 saturated heterocycles. The number of H-pyrrole nitrogens is 1. The third-order valence-electron chi connectivity index (χ3n) is 2.31. The van der Waals surface area contributed by atoms with E-state index in [2.05, 4.69) is 36.0 Å². The van der Waals surface area contributed by atoms with Crippen molar-refractivity contribution in [2.75, 3.05) is 0 Å². The highest BCUT2D eigenvalue weighted by Crippen LogP contribution is 2.22. The Hall–Kier alpha value is -1.49. The number of hydrogen-bond acceptors (Lipinski definition) is 3. The van der Waals surface area contributed by atoms with Crippen molar-refractivity contribution in [3.05, 3.63) is 29.3 Å². The van der Waals surface area contributed by atoms with Crippen LogP contribution in [-0.2, 0) is 6.54 Å². The molecule has 2 heterocycles. The van der Waals surface area contributed by atoms with Crippen LogP contribution in [0.5, 0.6) is 0 Å². The Morgan fingerprint density at radius 3 is 2.76 bits per heavy atom. The Morgan fingerprint density at radius 2 is 2.18 bits per heavy atom. The molecule has 0 unspecified atom stereocenters. The highest BCUT2D eigenvalue weighted by Gasteiger charge is 2.16. The van der Waals surface area contributed by atoms with E-state index in [0.717, 1.165) is 17.9 Å². The molecule has 5 heteroatoms. The van der Waals surface area contributed by atoms with Crippen LogP contribution in [0.3, 0.4) is 0 Å². The first-order valence-electron chi connectivity index (χ1n) is 5.53. The summed E-state index contributed by atoms with van der Waals surface area (Å²) in [7, 11) is 0. The van der Waals surface area contributed by atoms with Gasteiger partial charge in [-0.3, -0.25) is 14.6 Å². The number of hydrogen-bond donors (Lipinski definition) is 1. The summed E-state index contributed by atoms with van der Waals surface area (Å²) in [6.45, 7) is 7.35. The van der Waals surface area contributed by atoms with Gasteiger partial charge in [0.1, 0.15) is 0 Å². The lowest BCUT2D eigenvalue weighted by atomic mass is 9.97. The first-order valence-corrected chi connectivity index (χ1v) is 5.94. The first kappa shape index (κ1) is 12.0. The Labute approximate surface area is 106 Å². The summed E-state index contributed by atoms with van der Waals surface area (Å²) < 4.78 is 2.67. The van der Waals surface area contributed by atoms with Crippen molar-refractivity contribution < 1.29 is 0 Å². The van der Waals surface area contributed by atoms with Crippen LogP contribution >= 0.6 is 12.2 Å². The number of nitrogens with one attached hydrogen (secondary N) is 1. The van der Waals surface area contributed by atoms with E-state index in [1.54, 1.807) is 12.4 Å². The molecule has 2 rings (SSSR count). The normalized spacial score (nSPS) is 11.7. The van der Waals surface area contributed by atoms with Gasteiger partial charge >= 0.3 is 0 Å². The van der Waals surface area contributed by atoms with Gasteiger partial charge in [0.25, 0.3) is 0 Å². The van der Waals surface area contributed by atoms with Crippen molar-refractivity contribution in [1.29, 1.82) is 0 Å². The topological polar surface area (TPSA) is 46.5 Å². The van der Waals surface area contributed by atoms with E-state index in [0.29, 0.717) is 4.77 Å². The predicted molar refractivity (Wildman–Crippen MR) is 70.1 cm³/mol. The van der Waals surface area contributed by atoms with Crippen molar-refractivity contribution in [2.24, 2.45) is 5.41 Å². The van der Waals surface area contributed by atoms with E-state index >= 15 is 0 Å². The van der Waals surface area contributed by atoms with Gasteiger partial charge < -0.3 is 0 Å². The molecule has 0 atom stereocenters. The number of nitrogens with zero attached hydrogens (tertiary/aromatic N) is 3. The molecule has 0 aromatic carbocycles. The van der Waals surface area contributed by atoms with Crippen molar-refractivity contribution in [3.8, 4) is 11.4 Å². The van der Waals surface area contributed by atoms with Crippen molar-refractivity contribution >= 4 is 12.2 Å². The van der Waals surface area contributed by atoms with E-state index in [4.69, 9.17) is 12.2 Å². The van der Waals surface area contributed by atoms with Crippen molar-refractivity contribution in [3.63, 3.8) is 0 Å². The van der Waals surface area contributed by atoms with Crippen LogP contribution in [0.15, 0.2) is 24.5 Å². The fourth-order valence-electron chi connectivity index (χ4n) is 1.65. The molecule has 0 fully saturated rings. The van der Waals surface area contributed by atoms with Gasteiger partial charge in [-0.2, -0.15) is 5.10 Å². The van der Waals surface area contributed by atoms with Gasteiger partial charge in [0.05, 0.1) is 0 Å². The third kappa shape index (κ3) is 2.79. The Balaban J connectivity index is 2.47. The predicted octanol–water partition coefficient (Wildman–Crippen LogP) is 3.05. The highest BCUT2D eigenvalue weighted by molar-refractivity contribution is 7.71. The molecule has 2 aromatic rings. The first-order chi connectivity index (χ1) is 7.97. The summed E-state index contributed by atoms with van der Waals surface area (Å²) in [5.74, 6) is 0.845. The van der Waals surface area contributed by atoms with Crippen LogP contribution in [0, 0.1) is 10.2 Å². The number of aromatic amines is 1. The Bertz CT molecular complexity index is 548. The van der Waals surface area contributed by atoms with E-state index in [1.807, 2.05) is 16.7 Å². The number of aromatic nitrogens is 4. The van der Waals surface area contributed by atoms with Gasteiger partial charge in [-0.15, -0.1) is 0 Å². The monoisotopic (exact) mass is 248 g/mol. The molecule has 0 saturated carbocycles. The lowest BCUT2D eigenvalue weighted by molar-refractivity contribution is 0.343. The second-order valence-electron chi connectivity index (χ2n) is 5.24. The zero-order valence-corrected chi connectivity index (χ0v) is 11.1. The molecule has 0 aliphatic heterocycles. The van der Waals surface area contributed by atoms with E-state index < -0.39 is 0 Å². The Kier molecular flexibility index (Phi) is 3.11. The maximum Gasteiger partial charge on any atom is 0.195 e. The quantitative estimate of drug-likeness (QED) is 0.831. The second-order valence-corrected chi connectivity index (χ2v) is 5.63. The third-order valence-corrected chi connectivity index (χ3v) is 2.62. The van der Waals surface area contributed by atoms with E-state index in [-0.39, 0.29) is 5.41 Å². The SMILES string of the molecule is CC(C)(C)Cn1c(-c2cccnc2)n[nH]c1=S. The van der Waals surface area contributed by atoms with Crippen molar-refractivity contribution in [1.82, 2.24) is 19.7 Å². The molecule has 0 radical (unpaired) electrons. The van der Waals surface area contributed by atoms with Crippen LogP contribution in [0.2, 0.25) is 0 Å². The highest BCUT2D eigenvalue weighted by atomic mass is 32.1. The number of pyridine rings is 1. The Morgan fingerprint density at radius 1 is 1.41 bits per heavy atom. The standard InChI is InChI=1S/C12H16N4S/c1-12(2,3)8-16-10(14-15-11(16)17)9-5-4-6-13-7-9/h4-7H,8H2,1-3H3,(H,15,17). The fourth-order valence-corrected chi connectivity index (χ4v) is 1.85. The molecular formula is C12H16N4S. The molecule has 17 heavy (non-hydrogen) atoms. The molecule has 0 aliphatic carbocycles. The lowest BCUT2D eigenvalue weighted by Crippen LogP contribution is -2.16. The van der Waals surface area contributed by atoms with E-state index in [9.17, 15) is 0 Å². The van der Waals surface area contributed by atoms with Crippen LogP contribution in [0.25, 0.3) is 11.4 Å². The summed E-state index contributed by atoms with van der Waals surface area (Å²) in [6, 6.07) is 3.88. The van der Waals surface area contributed by atoms with E-state index in [1.165, 1.54) is 0 Å². The van der Waals surface area contributed by atoms with Crippen LogP contribution in [0.4, 0.5) is 0 Å². The molecule has 0 aliphatic rings. The smallest absolute Gasteiger partial charge is 0.195 e. The summed E-state index contributed by atoms with van der Waals surface area (Å²) in [4.78, 5) is 4.11. The summed E-state index contributed by atoms with van der Waals surface area (Å²) >= 11 is 5.27. The minimum Gasteiger partial charge on any atom is -0.300 e. The van der Waals surface area contributed by atoms with Gasteiger partial charge in [0, 0.05) is 24.5 Å². The molecule has 0 amide bonds. The summed E-state index contributed by atoms with van der Waals surface area (Å²) in [5.41, 5.74) is 1.13. The van der Waals surface area contributed by atoms with Crippen molar-refractivity contribution in [2.45, 2.75) is 27.3 Å². The maximum absolute atomic E-state index is 5.27. The largest absolute Gasteiger partial charge is 0.300 e. The summed E-state index contributed by atoms with van der Waals surface area (Å²) in [5, 5.41) is 7.12. The molecule has 90 valence electrons. The maximum atomic E-state index is 5.27. The minimum atomic E-state index is 0.152. The second kappa shape index (κ2) is 4.41. The van der Waals surface area contributed by atoms with Gasteiger partial charge in [0.2, 0.25) is 0 Å². The molecular weight excluding hydrogens is 232 g/mol.